The summed E-state index contributed by atoms with van der Waals surface area (Å²) in [4.78, 5) is 17.8. The summed E-state index contributed by atoms with van der Waals surface area (Å²) in [5.74, 6) is -3.39. The molecular weight excluding hydrogens is 246 g/mol. The maximum Gasteiger partial charge on any atom is 0.354 e. The Bertz CT molecular complexity index is 605. The molecule has 92 valence electrons. The molecule has 1 heterocycles. The van der Waals surface area contributed by atoms with Crippen molar-refractivity contribution >= 4 is 5.97 Å². The first-order valence-corrected chi connectivity index (χ1v) is 4.74. The number of halogens is 2. The highest BCUT2D eigenvalue weighted by Gasteiger charge is 2.09. The average Bonchev–Trinajstić information content (AvgIpc) is 2.34. The van der Waals surface area contributed by atoms with Gasteiger partial charge in [0.15, 0.2) is 17.3 Å². The molecule has 0 saturated carbocycles. The van der Waals surface area contributed by atoms with Gasteiger partial charge < -0.3 is 9.84 Å². The minimum absolute atomic E-state index is 0.00365. The van der Waals surface area contributed by atoms with Crippen LogP contribution in [0.5, 0.6) is 11.6 Å². The molecule has 1 N–H and O–H groups in total. The Labute approximate surface area is 99.7 Å². The van der Waals surface area contributed by atoms with E-state index in [-0.39, 0.29) is 17.3 Å². The van der Waals surface area contributed by atoms with Crippen molar-refractivity contribution in [2.75, 3.05) is 0 Å². The van der Waals surface area contributed by atoms with Crippen molar-refractivity contribution < 1.29 is 23.4 Å². The number of hydrogen-bond acceptors (Lipinski definition) is 4. The lowest BCUT2D eigenvalue weighted by Gasteiger charge is -2.04. The van der Waals surface area contributed by atoms with Crippen LogP contribution >= 0.6 is 0 Å². The number of aromatic carboxylic acids is 1. The summed E-state index contributed by atoms with van der Waals surface area (Å²) >= 11 is 0. The zero-order chi connectivity index (χ0) is 13.1. The maximum absolute atomic E-state index is 12.9. The third kappa shape index (κ3) is 2.57. The van der Waals surface area contributed by atoms with Crippen LogP contribution < -0.4 is 4.74 Å². The van der Waals surface area contributed by atoms with E-state index in [0.29, 0.717) is 0 Å². The van der Waals surface area contributed by atoms with E-state index in [0.717, 1.165) is 24.5 Å². The molecule has 1 aromatic carbocycles. The topological polar surface area (TPSA) is 72.3 Å². The number of ether oxygens (including phenoxy) is 1. The van der Waals surface area contributed by atoms with E-state index < -0.39 is 17.6 Å². The molecule has 0 aliphatic heterocycles. The SMILES string of the molecule is O=C(O)c1cc(Oc2ccc(F)c(F)c2)ncn1. The Kier molecular flexibility index (Phi) is 3.13. The summed E-state index contributed by atoms with van der Waals surface area (Å²) in [7, 11) is 0. The summed E-state index contributed by atoms with van der Waals surface area (Å²) in [6, 6.07) is 3.99. The zero-order valence-electron chi connectivity index (χ0n) is 8.80. The Morgan fingerprint density at radius 3 is 2.61 bits per heavy atom. The Hall–Kier alpha value is -2.57. The lowest BCUT2D eigenvalue weighted by molar-refractivity contribution is 0.0689. The van der Waals surface area contributed by atoms with Crippen molar-refractivity contribution in [3.63, 3.8) is 0 Å². The van der Waals surface area contributed by atoms with Crippen LogP contribution in [0.25, 0.3) is 0 Å². The highest BCUT2D eigenvalue weighted by molar-refractivity contribution is 5.85. The van der Waals surface area contributed by atoms with E-state index in [4.69, 9.17) is 9.84 Å². The van der Waals surface area contributed by atoms with Crippen molar-refractivity contribution in [2.45, 2.75) is 0 Å². The fourth-order valence-corrected chi connectivity index (χ4v) is 1.17. The first-order chi connectivity index (χ1) is 8.56. The van der Waals surface area contributed by atoms with E-state index in [1.54, 1.807) is 0 Å². The van der Waals surface area contributed by atoms with Crippen molar-refractivity contribution in [1.29, 1.82) is 0 Å². The van der Waals surface area contributed by atoms with E-state index in [9.17, 15) is 13.6 Å². The van der Waals surface area contributed by atoms with Gasteiger partial charge in [0, 0.05) is 12.1 Å². The normalized spacial score (nSPS) is 10.1. The van der Waals surface area contributed by atoms with Gasteiger partial charge in [-0.2, -0.15) is 0 Å². The second-order valence-electron chi connectivity index (χ2n) is 3.22. The fraction of sp³-hybridized carbons (Fsp3) is 0. The number of carboxylic acid groups (broad SMARTS) is 1. The predicted octanol–water partition coefficient (Wildman–Crippen LogP) is 2.25. The first kappa shape index (κ1) is 11.9. The van der Waals surface area contributed by atoms with Crippen LogP contribution in [0, 0.1) is 11.6 Å². The van der Waals surface area contributed by atoms with Gasteiger partial charge in [-0.1, -0.05) is 0 Å². The molecule has 18 heavy (non-hydrogen) atoms. The van der Waals surface area contributed by atoms with Crippen LogP contribution in [0.1, 0.15) is 10.5 Å². The van der Waals surface area contributed by atoms with Crippen LogP contribution in [0.2, 0.25) is 0 Å². The predicted molar refractivity (Wildman–Crippen MR) is 55.4 cm³/mol. The van der Waals surface area contributed by atoms with E-state index >= 15 is 0 Å². The third-order valence-electron chi connectivity index (χ3n) is 1.97. The molecule has 0 aliphatic rings. The van der Waals surface area contributed by atoms with Crippen LogP contribution in [0.3, 0.4) is 0 Å². The van der Waals surface area contributed by atoms with Gasteiger partial charge in [0.2, 0.25) is 5.88 Å². The van der Waals surface area contributed by atoms with Gasteiger partial charge in [0.25, 0.3) is 0 Å². The molecule has 0 spiro atoms. The second kappa shape index (κ2) is 4.74. The zero-order valence-corrected chi connectivity index (χ0v) is 8.80. The molecule has 5 nitrogen and oxygen atoms in total. The van der Waals surface area contributed by atoms with Crippen LogP contribution in [0.4, 0.5) is 8.78 Å². The second-order valence-corrected chi connectivity index (χ2v) is 3.22. The van der Waals surface area contributed by atoms with E-state index in [2.05, 4.69) is 9.97 Å². The number of benzene rings is 1. The van der Waals surface area contributed by atoms with Gasteiger partial charge >= 0.3 is 5.97 Å². The molecule has 7 heteroatoms. The van der Waals surface area contributed by atoms with Gasteiger partial charge in [-0.05, 0) is 12.1 Å². The number of aromatic nitrogens is 2. The highest BCUT2D eigenvalue weighted by atomic mass is 19.2. The van der Waals surface area contributed by atoms with Gasteiger partial charge in [-0.15, -0.1) is 0 Å². The van der Waals surface area contributed by atoms with Crippen molar-refractivity contribution in [1.82, 2.24) is 9.97 Å². The molecule has 2 aromatic rings. The molecule has 0 fully saturated rings. The standard InChI is InChI=1S/C11H6F2N2O3/c12-7-2-1-6(3-8(7)13)18-10-4-9(11(16)17)14-5-15-10/h1-5H,(H,16,17). The highest BCUT2D eigenvalue weighted by Crippen LogP contribution is 2.21. The summed E-state index contributed by atoms with van der Waals surface area (Å²) in [5, 5.41) is 8.70. The number of nitrogens with zero attached hydrogens (tertiary/aromatic N) is 2. The Morgan fingerprint density at radius 1 is 1.17 bits per heavy atom. The minimum Gasteiger partial charge on any atom is -0.477 e. The number of carbonyl (C=O) groups is 1. The molecule has 0 amide bonds. The fourth-order valence-electron chi connectivity index (χ4n) is 1.17. The lowest BCUT2D eigenvalue weighted by Crippen LogP contribution is -2.01. The number of rotatable bonds is 3. The molecular formula is C11H6F2N2O3. The molecule has 2 rings (SSSR count). The van der Waals surface area contributed by atoms with Crippen LogP contribution in [-0.4, -0.2) is 21.0 Å². The van der Waals surface area contributed by atoms with E-state index in [1.807, 2.05) is 0 Å². The number of carboxylic acids is 1. The molecule has 0 unspecified atom stereocenters. The lowest BCUT2D eigenvalue weighted by atomic mass is 10.3. The van der Waals surface area contributed by atoms with Gasteiger partial charge in [-0.3, -0.25) is 0 Å². The number of hydrogen-bond donors (Lipinski definition) is 1. The van der Waals surface area contributed by atoms with Crippen molar-refractivity contribution in [3.8, 4) is 11.6 Å². The monoisotopic (exact) mass is 252 g/mol. The molecule has 1 aromatic heterocycles. The Morgan fingerprint density at radius 2 is 1.94 bits per heavy atom. The quantitative estimate of drug-likeness (QED) is 0.906. The summed E-state index contributed by atoms with van der Waals surface area (Å²) in [6.45, 7) is 0. The molecule has 0 bridgehead atoms. The molecule has 0 radical (unpaired) electrons. The summed E-state index contributed by atoms with van der Waals surface area (Å²) in [6.07, 6.45) is 0.999. The third-order valence-corrected chi connectivity index (χ3v) is 1.97. The smallest absolute Gasteiger partial charge is 0.354 e. The first-order valence-electron chi connectivity index (χ1n) is 4.74. The van der Waals surface area contributed by atoms with Gasteiger partial charge in [0.05, 0.1) is 0 Å². The molecule has 0 saturated heterocycles. The van der Waals surface area contributed by atoms with E-state index in [1.165, 1.54) is 6.07 Å². The summed E-state index contributed by atoms with van der Waals surface area (Å²) < 4.78 is 30.7. The average molecular weight is 252 g/mol. The van der Waals surface area contributed by atoms with Crippen molar-refractivity contribution in [2.24, 2.45) is 0 Å². The van der Waals surface area contributed by atoms with Gasteiger partial charge in [0.1, 0.15) is 12.1 Å². The minimum atomic E-state index is -1.24. The molecule has 0 aliphatic carbocycles. The van der Waals surface area contributed by atoms with Crippen LogP contribution in [0.15, 0.2) is 30.6 Å². The Balaban J connectivity index is 2.25. The van der Waals surface area contributed by atoms with Crippen molar-refractivity contribution in [3.05, 3.63) is 47.9 Å². The largest absolute Gasteiger partial charge is 0.477 e. The van der Waals surface area contributed by atoms with Crippen LogP contribution in [-0.2, 0) is 0 Å². The summed E-state index contributed by atoms with van der Waals surface area (Å²) in [5.41, 5.74) is -0.261. The maximum atomic E-state index is 12.9. The molecule has 0 atom stereocenters. The van der Waals surface area contributed by atoms with Gasteiger partial charge in [-0.25, -0.2) is 23.5 Å².